The Morgan fingerprint density at radius 1 is 0.583 bits per heavy atom. The van der Waals surface area contributed by atoms with Crippen LogP contribution in [0.3, 0.4) is 0 Å². The maximum absolute atomic E-state index is 12.3. The molecule has 0 aliphatic heterocycles. The summed E-state index contributed by atoms with van der Waals surface area (Å²) in [7, 11) is -14.3. The Labute approximate surface area is 271 Å². The number of azo groups is 2. The van der Waals surface area contributed by atoms with E-state index in [2.05, 4.69) is 25.4 Å². The second-order valence-electron chi connectivity index (χ2n) is 10.2. The smallest absolute Gasteiger partial charge is 0.296 e. The van der Waals surface area contributed by atoms with E-state index >= 15 is 0 Å². The molecule has 6 aromatic rings. The van der Waals surface area contributed by atoms with Crippen LogP contribution in [0.5, 0.6) is 5.75 Å². The normalized spacial score (nSPS) is 13.0. The van der Waals surface area contributed by atoms with Crippen LogP contribution in [0.2, 0.25) is 0 Å². The van der Waals surface area contributed by atoms with Gasteiger partial charge in [0.05, 0.1) is 22.6 Å². The van der Waals surface area contributed by atoms with E-state index in [0.29, 0.717) is 27.4 Å². The SMILES string of the molecule is Nc1cc2c(O)c(N=Nc3ccc(N=Nc4ccc5c(S(=O)(=O)O)cccc5c4)c4ncccc34)c(S(=O)(=O)O)cc2cc1S(=O)(=O)O. The van der Waals surface area contributed by atoms with Crippen molar-refractivity contribution in [3.05, 3.63) is 85.1 Å². The van der Waals surface area contributed by atoms with Crippen LogP contribution in [0.4, 0.5) is 28.4 Å². The molecule has 0 bridgehead atoms. The number of phenolic OH excluding ortho intramolecular Hbond substituents is 1. The van der Waals surface area contributed by atoms with Gasteiger partial charge in [-0.1, -0.05) is 18.2 Å². The van der Waals surface area contributed by atoms with Gasteiger partial charge < -0.3 is 10.8 Å². The van der Waals surface area contributed by atoms with E-state index in [1.165, 1.54) is 42.6 Å². The number of hydrogen-bond acceptors (Lipinski definition) is 13. The molecule has 48 heavy (non-hydrogen) atoms. The minimum absolute atomic E-state index is 0.141. The molecule has 0 aliphatic carbocycles. The quantitative estimate of drug-likeness (QED) is 0.0684. The minimum atomic E-state index is -5.06. The van der Waals surface area contributed by atoms with E-state index in [1.807, 2.05) is 0 Å². The van der Waals surface area contributed by atoms with Gasteiger partial charge in [-0.2, -0.15) is 30.4 Å². The molecule has 0 radical (unpaired) electrons. The van der Waals surface area contributed by atoms with Crippen LogP contribution >= 0.6 is 0 Å². The molecule has 0 fully saturated rings. The van der Waals surface area contributed by atoms with Crippen LogP contribution in [0.25, 0.3) is 32.4 Å². The van der Waals surface area contributed by atoms with Gasteiger partial charge >= 0.3 is 0 Å². The average Bonchev–Trinajstić information content (AvgIpc) is 3.01. The van der Waals surface area contributed by atoms with Crippen molar-refractivity contribution in [2.75, 3.05) is 5.73 Å². The highest BCUT2D eigenvalue weighted by molar-refractivity contribution is 7.86. The predicted molar refractivity (Wildman–Crippen MR) is 174 cm³/mol. The molecule has 19 heteroatoms. The van der Waals surface area contributed by atoms with Crippen molar-refractivity contribution >= 4 is 91.2 Å². The van der Waals surface area contributed by atoms with Crippen LogP contribution in [0.15, 0.2) is 120 Å². The van der Waals surface area contributed by atoms with Gasteiger partial charge in [0.1, 0.15) is 26.1 Å². The monoisotopic (exact) mass is 708 g/mol. The van der Waals surface area contributed by atoms with Crippen molar-refractivity contribution in [1.29, 1.82) is 0 Å². The van der Waals surface area contributed by atoms with E-state index in [-0.39, 0.29) is 27.0 Å². The molecule has 16 nitrogen and oxygen atoms in total. The Balaban J connectivity index is 1.42. The minimum Gasteiger partial charge on any atom is -0.505 e. The first-order chi connectivity index (χ1) is 22.5. The lowest BCUT2D eigenvalue weighted by molar-refractivity contribution is 0.472. The van der Waals surface area contributed by atoms with Crippen LogP contribution in [-0.4, -0.2) is 49.0 Å². The lowest BCUT2D eigenvalue weighted by Gasteiger charge is -2.11. The summed E-state index contributed by atoms with van der Waals surface area (Å²) in [5.41, 5.74) is 5.69. The fourth-order valence-corrected chi connectivity index (χ4v) is 6.97. The molecule has 244 valence electrons. The Hall–Kier alpha value is -5.44. The highest BCUT2D eigenvalue weighted by Crippen LogP contribution is 2.44. The molecule has 5 aromatic carbocycles. The van der Waals surface area contributed by atoms with Gasteiger partial charge in [-0.25, -0.2) is 0 Å². The number of fused-ring (bicyclic) bond motifs is 3. The molecule has 0 unspecified atom stereocenters. The van der Waals surface area contributed by atoms with Crippen molar-refractivity contribution in [2.24, 2.45) is 20.5 Å². The number of hydrogen-bond donors (Lipinski definition) is 5. The third-order valence-corrected chi connectivity index (χ3v) is 9.78. The van der Waals surface area contributed by atoms with Gasteiger partial charge in [0.25, 0.3) is 30.4 Å². The molecule has 0 saturated heterocycles. The summed E-state index contributed by atoms with van der Waals surface area (Å²) < 4.78 is 100. The Bertz CT molecular complexity index is 2740. The Kier molecular flexibility index (Phi) is 7.90. The van der Waals surface area contributed by atoms with Gasteiger partial charge in [-0.3, -0.25) is 18.6 Å². The van der Waals surface area contributed by atoms with E-state index in [4.69, 9.17) is 5.73 Å². The summed E-state index contributed by atoms with van der Waals surface area (Å²) in [6.45, 7) is 0. The topological polar surface area (TPSA) is 272 Å². The van der Waals surface area contributed by atoms with Crippen LogP contribution < -0.4 is 5.73 Å². The first kappa shape index (κ1) is 32.5. The van der Waals surface area contributed by atoms with Gasteiger partial charge in [0.15, 0.2) is 5.75 Å². The molecule has 1 aromatic heterocycles. The molecule has 0 spiro atoms. The molecule has 0 saturated carbocycles. The third kappa shape index (κ3) is 6.15. The molecule has 6 N–H and O–H groups in total. The first-order valence-electron chi connectivity index (χ1n) is 13.3. The number of nitrogens with zero attached hydrogens (tertiary/aromatic N) is 5. The lowest BCUT2D eigenvalue weighted by Crippen LogP contribution is -2.04. The number of phenols is 1. The average molecular weight is 709 g/mol. The number of anilines is 1. The lowest BCUT2D eigenvalue weighted by atomic mass is 10.1. The van der Waals surface area contributed by atoms with Crippen molar-refractivity contribution in [1.82, 2.24) is 4.98 Å². The summed E-state index contributed by atoms with van der Waals surface area (Å²) >= 11 is 0. The predicted octanol–water partition coefficient (Wildman–Crippen LogP) is 6.40. The summed E-state index contributed by atoms with van der Waals surface area (Å²) in [5.74, 6) is -0.801. The van der Waals surface area contributed by atoms with E-state index in [9.17, 15) is 44.0 Å². The number of nitrogen functional groups attached to an aromatic ring is 1. The van der Waals surface area contributed by atoms with Gasteiger partial charge in [-0.05, 0) is 71.4 Å². The van der Waals surface area contributed by atoms with Crippen LogP contribution in [0, 0.1) is 0 Å². The Morgan fingerprint density at radius 3 is 1.96 bits per heavy atom. The van der Waals surface area contributed by atoms with E-state index in [1.54, 1.807) is 24.3 Å². The molecule has 1 heterocycles. The van der Waals surface area contributed by atoms with Gasteiger partial charge in [0.2, 0.25) is 0 Å². The fraction of sp³-hybridized carbons (Fsp3) is 0. The number of nitrogens with two attached hydrogens (primary N) is 1. The molecule has 0 atom stereocenters. The highest BCUT2D eigenvalue weighted by atomic mass is 32.2. The summed E-state index contributed by atoms with van der Waals surface area (Å²) in [6.07, 6.45) is 1.48. The van der Waals surface area contributed by atoms with Crippen molar-refractivity contribution in [3.63, 3.8) is 0 Å². The summed E-state index contributed by atoms with van der Waals surface area (Å²) in [5, 5.41) is 28.3. The number of rotatable bonds is 7. The van der Waals surface area contributed by atoms with Crippen molar-refractivity contribution in [3.8, 4) is 5.75 Å². The number of aromatic hydroxyl groups is 1. The number of benzene rings is 5. The highest BCUT2D eigenvalue weighted by Gasteiger charge is 2.25. The van der Waals surface area contributed by atoms with Crippen LogP contribution in [-0.2, 0) is 30.4 Å². The molecule has 6 rings (SSSR count). The Morgan fingerprint density at radius 2 is 1.25 bits per heavy atom. The largest absolute Gasteiger partial charge is 0.505 e. The van der Waals surface area contributed by atoms with Crippen molar-refractivity contribution in [2.45, 2.75) is 14.7 Å². The van der Waals surface area contributed by atoms with Crippen LogP contribution in [0.1, 0.15) is 0 Å². The zero-order valence-electron chi connectivity index (χ0n) is 23.9. The maximum atomic E-state index is 12.3. The molecule has 0 aliphatic rings. The standard InChI is InChI=1S/C29H20N6O10S3/c30-21-14-20-16(12-25(21)47(40,41)42)13-26(48(43,44)45)28(29(20)36)35-33-22-8-9-23(27-19(22)4-2-10-31-27)34-32-17-6-7-18-15(11-17)3-1-5-24(18)46(37,38)39/h1-14,36H,30H2,(H,37,38,39)(H,40,41,42)(H,43,44,45). The molecular weight excluding hydrogens is 689 g/mol. The number of aromatic nitrogens is 1. The second kappa shape index (κ2) is 11.7. The first-order valence-corrected chi connectivity index (χ1v) is 17.6. The third-order valence-electron chi connectivity index (χ3n) is 7.10. The van der Waals surface area contributed by atoms with Gasteiger partial charge in [-0.15, -0.1) is 15.3 Å². The summed E-state index contributed by atoms with van der Waals surface area (Å²) in [6, 6.07) is 17.8. The van der Waals surface area contributed by atoms with E-state index < -0.39 is 57.3 Å². The maximum Gasteiger partial charge on any atom is 0.296 e. The van der Waals surface area contributed by atoms with Crippen molar-refractivity contribution < 1.29 is 44.0 Å². The second-order valence-corrected chi connectivity index (χ2v) is 14.3. The molecular formula is C29H20N6O10S3. The number of pyridine rings is 1. The summed E-state index contributed by atoms with van der Waals surface area (Å²) in [4.78, 5) is 2.43. The zero-order chi connectivity index (χ0) is 34.6. The zero-order valence-corrected chi connectivity index (χ0v) is 26.3. The van der Waals surface area contributed by atoms with E-state index in [0.717, 1.165) is 18.2 Å². The molecule has 0 amide bonds. The van der Waals surface area contributed by atoms with Gasteiger partial charge in [0, 0.05) is 22.4 Å². The fourth-order valence-electron chi connectivity index (χ4n) is 4.96.